The van der Waals surface area contributed by atoms with E-state index in [1.165, 1.54) is 12.1 Å². The van der Waals surface area contributed by atoms with Crippen molar-refractivity contribution in [2.24, 2.45) is 0 Å². The number of carbonyl (C=O) groups is 1. The molecular formula is C19H23FN4O2. The minimum Gasteiger partial charge on any atom is -0.341 e. The molecule has 0 aliphatic carbocycles. The van der Waals surface area contributed by atoms with E-state index in [-0.39, 0.29) is 23.7 Å². The van der Waals surface area contributed by atoms with Crippen molar-refractivity contribution >= 4 is 5.91 Å². The summed E-state index contributed by atoms with van der Waals surface area (Å²) >= 11 is 0. The topological polar surface area (TPSA) is 71.3 Å². The van der Waals surface area contributed by atoms with Crippen molar-refractivity contribution in [2.75, 3.05) is 19.6 Å². The normalized spacial score (nSPS) is 23.8. The maximum atomic E-state index is 13.1. The zero-order valence-electron chi connectivity index (χ0n) is 14.7. The molecule has 0 saturated carbocycles. The van der Waals surface area contributed by atoms with Crippen molar-refractivity contribution < 1.29 is 13.7 Å². The highest BCUT2D eigenvalue weighted by molar-refractivity contribution is 5.82. The van der Waals surface area contributed by atoms with E-state index in [2.05, 4.69) is 15.5 Å². The van der Waals surface area contributed by atoms with Crippen LogP contribution in [0.25, 0.3) is 11.4 Å². The number of benzene rings is 1. The maximum absolute atomic E-state index is 13.1. The molecule has 138 valence electrons. The summed E-state index contributed by atoms with van der Waals surface area (Å²) in [5.41, 5.74) is 0.719. The molecule has 1 N–H and O–H groups in total. The van der Waals surface area contributed by atoms with Crippen molar-refractivity contribution in [3.8, 4) is 11.4 Å². The second-order valence-electron chi connectivity index (χ2n) is 7.09. The molecule has 1 unspecified atom stereocenters. The molecule has 1 aromatic carbocycles. The highest BCUT2D eigenvalue weighted by Gasteiger charge is 2.32. The van der Waals surface area contributed by atoms with E-state index in [1.807, 2.05) is 4.90 Å². The average Bonchev–Trinajstić information content (AvgIpc) is 3.19. The summed E-state index contributed by atoms with van der Waals surface area (Å²) in [4.78, 5) is 19.2. The number of hydrogen-bond acceptors (Lipinski definition) is 5. The summed E-state index contributed by atoms with van der Waals surface area (Å²) in [7, 11) is 0. The Balaban J connectivity index is 1.44. The van der Waals surface area contributed by atoms with E-state index < -0.39 is 0 Å². The Morgan fingerprint density at radius 2 is 2.04 bits per heavy atom. The van der Waals surface area contributed by atoms with Gasteiger partial charge in [-0.3, -0.25) is 4.79 Å². The first kappa shape index (κ1) is 17.1. The van der Waals surface area contributed by atoms with Crippen LogP contribution in [0, 0.1) is 5.82 Å². The molecule has 7 heteroatoms. The fourth-order valence-corrected chi connectivity index (χ4v) is 3.78. The summed E-state index contributed by atoms with van der Waals surface area (Å²) in [6.45, 7) is 2.31. The highest BCUT2D eigenvalue weighted by Crippen LogP contribution is 2.28. The first-order chi connectivity index (χ1) is 12.7. The second-order valence-corrected chi connectivity index (χ2v) is 7.09. The van der Waals surface area contributed by atoms with Crippen molar-refractivity contribution in [1.82, 2.24) is 20.4 Å². The Morgan fingerprint density at radius 1 is 1.19 bits per heavy atom. The Morgan fingerprint density at radius 3 is 2.81 bits per heavy atom. The van der Waals surface area contributed by atoms with Gasteiger partial charge in [0.2, 0.25) is 17.6 Å². The lowest BCUT2D eigenvalue weighted by Crippen LogP contribution is -2.51. The van der Waals surface area contributed by atoms with Gasteiger partial charge >= 0.3 is 0 Å². The number of piperidine rings is 2. The van der Waals surface area contributed by atoms with Gasteiger partial charge in [0.05, 0.1) is 12.0 Å². The van der Waals surface area contributed by atoms with Crippen LogP contribution in [-0.4, -0.2) is 46.6 Å². The fourth-order valence-electron chi connectivity index (χ4n) is 3.78. The van der Waals surface area contributed by atoms with Gasteiger partial charge in [0.15, 0.2) is 0 Å². The summed E-state index contributed by atoms with van der Waals surface area (Å²) in [5.74, 6) is 0.955. The molecule has 6 nitrogen and oxygen atoms in total. The first-order valence-corrected chi connectivity index (χ1v) is 9.32. The van der Waals surface area contributed by atoms with Crippen LogP contribution in [0.2, 0.25) is 0 Å². The van der Waals surface area contributed by atoms with Crippen LogP contribution < -0.4 is 5.32 Å². The lowest BCUT2D eigenvalue weighted by Gasteiger charge is -2.35. The van der Waals surface area contributed by atoms with Crippen LogP contribution in [0.3, 0.4) is 0 Å². The number of amides is 1. The van der Waals surface area contributed by atoms with Crippen molar-refractivity contribution in [1.29, 1.82) is 0 Å². The van der Waals surface area contributed by atoms with Gasteiger partial charge in [0.25, 0.3) is 0 Å². The molecule has 2 aliphatic rings. The number of hydrogen-bond donors (Lipinski definition) is 1. The number of nitrogens with zero attached hydrogens (tertiary/aromatic N) is 3. The molecule has 4 rings (SSSR count). The number of halogens is 1. The molecule has 26 heavy (non-hydrogen) atoms. The SMILES string of the molecule is O=C(C1CCCCN1)N1CCC[C@H](c2nc(-c3ccc(F)cc3)no2)C1. The first-order valence-electron chi connectivity index (χ1n) is 9.32. The molecule has 0 spiro atoms. The quantitative estimate of drug-likeness (QED) is 0.913. The van der Waals surface area contributed by atoms with E-state index in [0.29, 0.717) is 18.3 Å². The van der Waals surface area contributed by atoms with Crippen LogP contribution in [0.5, 0.6) is 0 Å². The van der Waals surface area contributed by atoms with Gasteiger partial charge < -0.3 is 14.7 Å². The average molecular weight is 358 g/mol. The van der Waals surface area contributed by atoms with Crippen molar-refractivity contribution in [3.05, 3.63) is 36.0 Å². The van der Waals surface area contributed by atoms with E-state index in [1.54, 1.807) is 12.1 Å². The molecule has 1 amide bonds. The number of likely N-dealkylation sites (tertiary alicyclic amines) is 1. The Bertz CT molecular complexity index is 755. The molecule has 3 heterocycles. The molecule has 2 atom stereocenters. The molecule has 0 bridgehead atoms. The Kier molecular flexibility index (Phi) is 4.97. The molecule has 2 aliphatic heterocycles. The predicted octanol–water partition coefficient (Wildman–Crippen LogP) is 2.72. The third-order valence-electron chi connectivity index (χ3n) is 5.23. The van der Waals surface area contributed by atoms with Crippen molar-refractivity contribution in [2.45, 2.75) is 44.1 Å². The minimum atomic E-state index is -0.296. The summed E-state index contributed by atoms with van der Waals surface area (Å²) in [6.07, 6.45) is 5.01. The van der Waals surface area contributed by atoms with Gasteiger partial charge in [-0.25, -0.2) is 4.39 Å². The van der Waals surface area contributed by atoms with Crippen LogP contribution >= 0.6 is 0 Å². The number of aromatic nitrogens is 2. The zero-order valence-corrected chi connectivity index (χ0v) is 14.7. The summed E-state index contributed by atoms with van der Waals surface area (Å²) < 4.78 is 18.5. The molecule has 2 fully saturated rings. The molecule has 2 aromatic rings. The third-order valence-corrected chi connectivity index (χ3v) is 5.23. The fraction of sp³-hybridized carbons (Fsp3) is 0.526. The van der Waals surface area contributed by atoms with E-state index in [4.69, 9.17) is 4.52 Å². The minimum absolute atomic E-state index is 0.0537. The van der Waals surface area contributed by atoms with Gasteiger partial charge in [-0.15, -0.1) is 0 Å². The largest absolute Gasteiger partial charge is 0.341 e. The van der Waals surface area contributed by atoms with E-state index >= 15 is 0 Å². The molecule has 2 saturated heterocycles. The lowest BCUT2D eigenvalue weighted by molar-refractivity contribution is -0.135. The lowest BCUT2D eigenvalue weighted by atomic mass is 9.96. The van der Waals surface area contributed by atoms with Crippen LogP contribution in [0.15, 0.2) is 28.8 Å². The standard InChI is InChI=1S/C19H23FN4O2/c20-15-8-6-13(7-9-15)17-22-18(26-23-17)14-4-3-11-24(12-14)19(25)16-5-1-2-10-21-16/h6-9,14,16,21H,1-5,10-12H2/t14-,16?/m0/s1. The number of rotatable bonds is 3. The summed E-state index contributed by atoms with van der Waals surface area (Å²) in [6, 6.07) is 5.97. The van der Waals surface area contributed by atoms with Gasteiger partial charge in [0.1, 0.15) is 5.82 Å². The van der Waals surface area contributed by atoms with Gasteiger partial charge in [-0.2, -0.15) is 4.98 Å². The third kappa shape index (κ3) is 3.62. The zero-order chi connectivity index (χ0) is 17.9. The predicted molar refractivity (Wildman–Crippen MR) is 93.9 cm³/mol. The Labute approximate surface area is 151 Å². The summed E-state index contributed by atoms with van der Waals surface area (Å²) in [5, 5.41) is 7.35. The van der Waals surface area contributed by atoms with Crippen molar-refractivity contribution in [3.63, 3.8) is 0 Å². The molecular weight excluding hydrogens is 335 g/mol. The molecule has 0 radical (unpaired) electrons. The van der Waals surface area contributed by atoms with Crippen LogP contribution in [0.4, 0.5) is 4.39 Å². The van der Waals surface area contributed by atoms with Crippen LogP contribution in [0.1, 0.15) is 43.9 Å². The maximum Gasteiger partial charge on any atom is 0.239 e. The van der Waals surface area contributed by atoms with Gasteiger partial charge in [0, 0.05) is 18.7 Å². The highest BCUT2D eigenvalue weighted by atomic mass is 19.1. The van der Waals surface area contributed by atoms with Gasteiger partial charge in [-0.1, -0.05) is 11.6 Å². The number of nitrogens with one attached hydrogen (secondary N) is 1. The van der Waals surface area contributed by atoms with Gasteiger partial charge in [-0.05, 0) is 56.5 Å². The Hall–Kier alpha value is -2.28. The van der Waals surface area contributed by atoms with Crippen LogP contribution in [-0.2, 0) is 4.79 Å². The van der Waals surface area contributed by atoms with E-state index in [9.17, 15) is 9.18 Å². The monoisotopic (exact) mass is 358 g/mol. The van der Waals surface area contributed by atoms with E-state index in [0.717, 1.165) is 50.8 Å². The smallest absolute Gasteiger partial charge is 0.239 e. The second kappa shape index (κ2) is 7.53. The molecule has 1 aromatic heterocycles. The number of carbonyl (C=O) groups excluding carboxylic acids is 1.